The van der Waals surface area contributed by atoms with Crippen molar-refractivity contribution in [3.63, 3.8) is 0 Å². The molecule has 0 saturated carbocycles. The molecule has 2 heterocycles. The fourth-order valence-corrected chi connectivity index (χ4v) is 3.75. The summed E-state index contributed by atoms with van der Waals surface area (Å²) >= 11 is 0. The van der Waals surface area contributed by atoms with E-state index in [0.29, 0.717) is 58.5 Å². The minimum absolute atomic E-state index is 0.139. The molecule has 1 saturated heterocycles. The van der Waals surface area contributed by atoms with Crippen molar-refractivity contribution >= 4 is 17.8 Å². The summed E-state index contributed by atoms with van der Waals surface area (Å²) in [5, 5.41) is 0. The van der Waals surface area contributed by atoms with Crippen molar-refractivity contribution in [3.05, 3.63) is 46.7 Å². The summed E-state index contributed by atoms with van der Waals surface area (Å²) in [5.41, 5.74) is 1.60. The summed E-state index contributed by atoms with van der Waals surface area (Å²) in [6, 6.07) is 6.63. The predicted octanol–water partition coefficient (Wildman–Crippen LogP) is 3.72. The molecular weight excluding hydrogens is 416 g/mol. The Labute approximate surface area is 185 Å². The standard InChI is InChI=1S/C24H24O8/c1-13-16(32-24(26)17-6-5-9-30-17)8-7-15-21(25)18(31-22(13)15)10-14-11-19(27-2)23(29-4)20(12-14)28-3/h7-8,10-12,17H,5-6,9H2,1-4H3/b18-10-. The van der Waals surface area contributed by atoms with E-state index in [1.165, 1.54) is 21.3 Å². The number of methoxy groups -OCH3 is 3. The highest BCUT2D eigenvalue weighted by Gasteiger charge is 2.32. The van der Waals surface area contributed by atoms with Crippen molar-refractivity contribution in [3.8, 4) is 28.7 Å². The third-order valence-electron chi connectivity index (χ3n) is 5.42. The van der Waals surface area contributed by atoms with E-state index in [9.17, 15) is 9.59 Å². The Balaban J connectivity index is 1.62. The molecule has 2 aliphatic rings. The van der Waals surface area contributed by atoms with Crippen LogP contribution in [0.3, 0.4) is 0 Å². The third-order valence-corrected chi connectivity index (χ3v) is 5.42. The van der Waals surface area contributed by atoms with E-state index >= 15 is 0 Å². The molecule has 0 aromatic heterocycles. The van der Waals surface area contributed by atoms with Gasteiger partial charge in [-0.25, -0.2) is 4.79 Å². The number of allylic oxidation sites excluding steroid dienone is 1. The van der Waals surface area contributed by atoms with Gasteiger partial charge in [-0.1, -0.05) is 0 Å². The molecule has 2 aromatic rings. The van der Waals surface area contributed by atoms with E-state index in [-0.39, 0.29) is 11.5 Å². The van der Waals surface area contributed by atoms with Crippen LogP contribution in [0.1, 0.15) is 34.3 Å². The van der Waals surface area contributed by atoms with E-state index in [4.69, 9.17) is 28.4 Å². The molecule has 168 valence electrons. The Kier molecular flexibility index (Phi) is 6.05. The molecule has 4 rings (SSSR count). The van der Waals surface area contributed by atoms with Gasteiger partial charge in [0.15, 0.2) is 23.4 Å². The lowest BCUT2D eigenvalue weighted by Gasteiger charge is -2.13. The number of carbonyl (C=O) groups is 2. The monoisotopic (exact) mass is 440 g/mol. The van der Waals surface area contributed by atoms with Gasteiger partial charge in [0.1, 0.15) is 11.5 Å². The van der Waals surface area contributed by atoms with Gasteiger partial charge in [0.25, 0.3) is 0 Å². The van der Waals surface area contributed by atoms with Gasteiger partial charge in [-0.15, -0.1) is 0 Å². The molecule has 8 heteroatoms. The van der Waals surface area contributed by atoms with Crippen LogP contribution in [0, 0.1) is 6.92 Å². The second-order valence-corrected chi connectivity index (χ2v) is 7.39. The summed E-state index contributed by atoms with van der Waals surface area (Å²) in [4.78, 5) is 25.2. The highest BCUT2D eigenvalue weighted by Crippen LogP contribution is 2.42. The van der Waals surface area contributed by atoms with Gasteiger partial charge >= 0.3 is 5.97 Å². The Morgan fingerprint density at radius 3 is 2.38 bits per heavy atom. The van der Waals surface area contributed by atoms with Crippen LogP contribution in [0.15, 0.2) is 30.0 Å². The first-order valence-corrected chi connectivity index (χ1v) is 10.2. The van der Waals surface area contributed by atoms with Crippen LogP contribution in [0.4, 0.5) is 0 Å². The summed E-state index contributed by atoms with van der Waals surface area (Å²) < 4.78 is 32.8. The third kappa shape index (κ3) is 3.89. The molecule has 2 aromatic carbocycles. The summed E-state index contributed by atoms with van der Waals surface area (Å²) in [6.07, 6.45) is 2.51. The second kappa shape index (κ2) is 8.92. The summed E-state index contributed by atoms with van der Waals surface area (Å²) in [6.45, 7) is 2.29. The Morgan fingerprint density at radius 1 is 1.06 bits per heavy atom. The number of esters is 1. The highest BCUT2D eigenvalue weighted by atomic mass is 16.6. The van der Waals surface area contributed by atoms with Crippen molar-refractivity contribution in [2.75, 3.05) is 27.9 Å². The number of Topliss-reactive ketones (excluding diaryl/α,β-unsaturated/α-hetero) is 1. The van der Waals surface area contributed by atoms with Crippen LogP contribution in [-0.4, -0.2) is 45.8 Å². The van der Waals surface area contributed by atoms with Crippen molar-refractivity contribution in [2.45, 2.75) is 25.9 Å². The first-order valence-electron chi connectivity index (χ1n) is 10.2. The van der Waals surface area contributed by atoms with Gasteiger partial charge in [-0.3, -0.25) is 4.79 Å². The quantitative estimate of drug-likeness (QED) is 0.381. The lowest BCUT2D eigenvalue weighted by molar-refractivity contribution is -0.144. The number of ketones is 1. The molecule has 8 nitrogen and oxygen atoms in total. The average Bonchev–Trinajstić information content (AvgIpc) is 3.44. The first kappa shape index (κ1) is 21.7. The van der Waals surface area contributed by atoms with Crippen molar-refractivity contribution < 1.29 is 38.0 Å². The number of rotatable bonds is 6. The van der Waals surface area contributed by atoms with Crippen LogP contribution in [0.25, 0.3) is 6.08 Å². The van der Waals surface area contributed by atoms with Crippen molar-refractivity contribution in [1.29, 1.82) is 0 Å². The zero-order valence-corrected chi connectivity index (χ0v) is 18.4. The number of benzene rings is 2. The number of ether oxygens (including phenoxy) is 6. The Hall–Kier alpha value is -3.52. The van der Waals surface area contributed by atoms with Gasteiger partial charge in [-0.05, 0) is 55.7 Å². The van der Waals surface area contributed by atoms with Crippen LogP contribution in [0.5, 0.6) is 28.7 Å². The molecule has 0 radical (unpaired) electrons. The fourth-order valence-electron chi connectivity index (χ4n) is 3.75. The minimum atomic E-state index is -0.555. The molecule has 1 unspecified atom stereocenters. The van der Waals surface area contributed by atoms with Gasteiger partial charge in [0, 0.05) is 12.2 Å². The second-order valence-electron chi connectivity index (χ2n) is 7.39. The Bertz CT molecular complexity index is 1070. The lowest BCUT2D eigenvalue weighted by atomic mass is 10.1. The topological polar surface area (TPSA) is 89.5 Å². The van der Waals surface area contributed by atoms with Gasteiger partial charge in [0.2, 0.25) is 11.5 Å². The number of hydrogen-bond acceptors (Lipinski definition) is 8. The zero-order chi connectivity index (χ0) is 22.8. The Morgan fingerprint density at radius 2 is 1.78 bits per heavy atom. The number of hydrogen-bond donors (Lipinski definition) is 0. The molecule has 0 aliphatic carbocycles. The van der Waals surface area contributed by atoms with Crippen LogP contribution >= 0.6 is 0 Å². The lowest BCUT2D eigenvalue weighted by Crippen LogP contribution is -2.25. The molecule has 0 spiro atoms. The van der Waals surface area contributed by atoms with E-state index in [1.807, 2.05) is 0 Å². The first-order chi connectivity index (χ1) is 15.5. The molecule has 2 aliphatic heterocycles. The molecule has 32 heavy (non-hydrogen) atoms. The van der Waals surface area contributed by atoms with E-state index in [0.717, 1.165) is 6.42 Å². The summed E-state index contributed by atoms with van der Waals surface area (Å²) in [7, 11) is 4.55. The maximum absolute atomic E-state index is 12.9. The summed E-state index contributed by atoms with van der Waals surface area (Å²) in [5.74, 6) is 1.50. The minimum Gasteiger partial charge on any atom is -0.493 e. The maximum Gasteiger partial charge on any atom is 0.340 e. The van der Waals surface area contributed by atoms with E-state index in [2.05, 4.69) is 0 Å². The molecule has 1 atom stereocenters. The fraction of sp³-hybridized carbons (Fsp3) is 0.333. The smallest absolute Gasteiger partial charge is 0.340 e. The number of fused-ring (bicyclic) bond motifs is 1. The molecular formula is C24H24O8. The van der Waals surface area contributed by atoms with Crippen molar-refractivity contribution in [2.24, 2.45) is 0 Å². The normalized spacial score (nSPS) is 18.3. The van der Waals surface area contributed by atoms with Crippen LogP contribution in [0.2, 0.25) is 0 Å². The van der Waals surface area contributed by atoms with Gasteiger partial charge in [-0.2, -0.15) is 0 Å². The van der Waals surface area contributed by atoms with Gasteiger partial charge in [0.05, 0.1) is 26.9 Å². The van der Waals surface area contributed by atoms with Crippen molar-refractivity contribution in [1.82, 2.24) is 0 Å². The zero-order valence-electron chi connectivity index (χ0n) is 18.4. The average molecular weight is 440 g/mol. The molecule has 0 amide bonds. The number of carbonyl (C=O) groups excluding carboxylic acids is 2. The van der Waals surface area contributed by atoms with E-state index in [1.54, 1.807) is 37.3 Å². The van der Waals surface area contributed by atoms with Crippen LogP contribution < -0.4 is 23.7 Å². The SMILES string of the molecule is COc1cc(/C=C2\Oc3c(ccc(OC(=O)C4CCCO4)c3C)C2=O)cc(OC)c1OC. The highest BCUT2D eigenvalue weighted by molar-refractivity contribution is 6.15. The van der Waals surface area contributed by atoms with Crippen LogP contribution in [-0.2, 0) is 9.53 Å². The van der Waals surface area contributed by atoms with E-state index < -0.39 is 12.1 Å². The molecule has 1 fully saturated rings. The molecule has 0 bridgehead atoms. The maximum atomic E-state index is 12.9. The largest absolute Gasteiger partial charge is 0.493 e. The van der Waals surface area contributed by atoms with Gasteiger partial charge < -0.3 is 28.4 Å². The molecule has 0 N–H and O–H groups in total. The predicted molar refractivity (Wildman–Crippen MR) is 115 cm³/mol.